The van der Waals surface area contributed by atoms with Gasteiger partial charge in [-0.15, -0.1) is 0 Å². The lowest BCUT2D eigenvalue weighted by Crippen LogP contribution is -2.17. The van der Waals surface area contributed by atoms with Gasteiger partial charge in [-0.2, -0.15) is 0 Å². The average molecular weight is 137 g/mol. The van der Waals surface area contributed by atoms with Gasteiger partial charge in [0.05, 0.1) is 0 Å². The second kappa shape index (κ2) is 2.96. The number of allylic oxidation sites excluding steroid dienone is 2. The summed E-state index contributed by atoms with van der Waals surface area (Å²) in [7, 11) is 0. The Hall–Kier alpha value is -1.38. The maximum Gasteiger partial charge on any atom is 0.213 e. The van der Waals surface area contributed by atoms with Crippen LogP contribution in [0.3, 0.4) is 0 Å². The zero-order chi connectivity index (χ0) is 7.40. The zero-order valence-electron chi connectivity index (χ0n) is 5.36. The van der Waals surface area contributed by atoms with E-state index in [4.69, 9.17) is 0 Å². The third-order valence-electron chi connectivity index (χ3n) is 1.27. The van der Waals surface area contributed by atoms with Gasteiger partial charge in [0, 0.05) is 18.3 Å². The van der Waals surface area contributed by atoms with Gasteiger partial charge >= 0.3 is 0 Å². The van der Waals surface area contributed by atoms with Crippen LogP contribution in [0.1, 0.15) is 0 Å². The largest absolute Gasteiger partial charge is 0.318 e. The second-order valence-electron chi connectivity index (χ2n) is 1.94. The van der Waals surface area contributed by atoms with Crippen LogP contribution in [0.25, 0.3) is 0 Å². The van der Waals surface area contributed by atoms with Crippen molar-refractivity contribution < 1.29 is 9.59 Å². The van der Waals surface area contributed by atoms with Gasteiger partial charge in [0.25, 0.3) is 0 Å². The fourth-order valence-corrected chi connectivity index (χ4v) is 0.687. The highest BCUT2D eigenvalue weighted by atomic mass is 16.1. The molecule has 1 aliphatic heterocycles. The monoisotopic (exact) mass is 137 g/mol. The molecule has 52 valence electrons. The van der Waals surface area contributed by atoms with Crippen LogP contribution in [0, 0.1) is 0 Å². The van der Waals surface area contributed by atoms with E-state index in [-0.39, 0.29) is 0 Å². The molecule has 0 aromatic carbocycles. The van der Waals surface area contributed by atoms with Crippen molar-refractivity contribution in [3.05, 3.63) is 23.9 Å². The van der Waals surface area contributed by atoms with E-state index in [9.17, 15) is 9.59 Å². The first-order valence-corrected chi connectivity index (χ1v) is 2.91. The first-order valence-electron chi connectivity index (χ1n) is 2.91. The Balaban J connectivity index is 2.62. The minimum Gasteiger partial charge on any atom is -0.318 e. The van der Waals surface area contributed by atoms with Crippen LogP contribution < -0.4 is 0 Å². The summed E-state index contributed by atoms with van der Waals surface area (Å²) in [5, 5.41) is 0. The molecule has 1 heterocycles. The number of amides is 1. The summed E-state index contributed by atoms with van der Waals surface area (Å²) in [6.45, 7) is 0.494. The normalized spacial score (nSPS) is 16.4. The molecule has 1 aliphatic rings. The van der Waals surface area contributed by atoms with Crippen LogP contribution in [-0.2, 0) is 9.59 Å². The van der Waals surface area contributed by atoms with Crippen LogP contribution >= 0.6 is 0 Å². The highest BCUT2D eigenvalue weighted by Gasteiger charge is 2.00. The molecule has 0 bridgehead atoms. The van der Waals surface area contributed by atoms with E-state index in [2.05, 4.69) is 0 Å². The SMILES string of the molecule is O=CC1=CCN(C=O)C=C1. The topological polar surface area (TPSA) is 37.4 Å². The third kappa shape index (κ3) is 1.31. The fraction of sp³-hybridized carbons (Fsp3) is 0.143. The van der Waals surface area contributed by atoms with Crippen molar-refractivity contribution in [1.29, 1.82) is 0 Å². The molecule has 3 heteroatoms. The summed E-state index contributed by atoms with van der Waals surface area (Å²) in [4.78, 5) is 21.7. The smallest absolute Gasteiger partial charge is 0.213 e. The molecule has 0 atom stereocenters. The first-order chi connectivity index (χ1) is 4.86. The van der Waals surface area contributed by atoms with E-state index in [1.807, 2.05) is 0 Å². The van der Waals surface area contributed by atoms with Crippen molar-refractivity contribution in [1.82, 2.24) is 4.90 Å². The number of hydrogen-bond donors (Lipinski definition) is 0. The van der Waals surface area contributed by atoms with Gasteiger partial charge in [0.15, 0.2) is 0 Å². The summed E-state index contributed by atoms with van der Waals surface area (Å²) in [5.74, 6) is 0. The molecular weight excluding hydrogens is 130 g/mol. The predicted molar refractivity (Wildman–Crippen MR) is 36.1 cm³/mol. The molecule has 1 rings (SSSR count). The lowest BCUT2D eigenvalue weighted by molar-refractivity contribution is -0.115. The molecule has 0 saturated carbocycles. The molecule has 0 saturated heterocycles. The van der Waals surface area contributed by atoms with Crippen molar-refractivity contribution in [2.45, 2.75) is 0 Å². The maximum atomic E-state index is 10.1. The van der Waals surface area contributed by atoms with E-state index in [1.54, 1.807) is 18.4 Å². The Labute approximate surface area is 58.6 Å². The van der Waals surface area contributed by atoms with Crippen molar-refractivity contribution in [2.75, 3.05) is 6.54 Å². The van der Waals surface area contributed by atoms with E-state index >= 15 is 0 Å². The van der Waals surface area contributed by atoms with Gasteiger partial charge in [0.1, 0.15) is 6.29 Å². The zero-order valence-corrected chi connectivity index (χ0v) is 5.36. The van der Waals surface area contributed by atoms with Gasteiger partial charge in [0.2, 0.25) is 6.41 Å². The second-order valence-corrected chi connectivity index (χ2v) is 1.94. The number of carbonyl (C=O) groups excluding carboxylic acids is 2. The van der Waals surface area contributed by atoms with Crippen molar-refractivity contribution >= 4 is 12.7 Å². The lowest BCUT2D eigenvalue weighted by atomic mass is 10.2. The molecule has 0 unspecified atom stereocenters. The summed E-state index contributed by atoms with van der Waals surface area (Å²) >= 11 is 0. The molecule has 10 heavy (non-hydrogen) atoms. The van der Waals surface area contributed by atoms with E-state index in [0.29, 0.717) is 18.5 Å². The van der Waals surface area contributed by atoms with Crippen LogP contribution in [0.4, 0.5) is 0 Å². The van der Waals surface area contributed by atoms with E-state index < -0.39 is 0 Å². The average Bonchev–Trinajstić information content (AvgIpc) is 2.05. The Kier molecular flexibility index (Phi) is 1.99. The Bertz CT molecular complexity index is 206. The minimum atomic E-state index is 0.494. The predicted octanol–water partition coefficient (Wildman–Crippen LogP) is 0.0974. The Morgan fingerprint density at radius 2 is 2.30 bits per heavy atom. The van der Waals surface area contributed by atoms with Gasteiger partial charge in [-0.25, -0.2) is 0 Å². The molecule has 0 fully saturated rings. The van der Waals surface area contributed by atoms with Crippen LogP contribution in [-0.4, -0.2) is 24.1 Å². The Morgan fingerprint density at radius 3 is 2.70 bits per heavy atom. The maximum absolute atomic E-state index is 10.1. The van der Waals surface area contributed by atoms with Crippen LogP contribution in [0.15, 0.2) is 23.9 Å². The lowest BCUT2D eigenvalue weighted by Gasteiger charge is -2.12. The fourth-order valence-electron chi connectivity index (χ4n) is 0.687. The summed E-state index contributed by atoms with van der Waals surface area (Å²) in [5.41, 5.74) is 0.623. The third-order valence-corrected chi connectivity index (χ3v) is 1.27. The van der Waals surface area contributed by atoms with Crippen LogP contribution in [0.5, 0.6) is 0 Å². The summed E-state index contributed by atoms with van der Waals surface area (Å²) in [6, 6.07) is 0. The molecule has 0 N–H and O–H groups in total. The highest BCUT2D eigenvalue weighted by molar-refractivity contribution is 5.78. The molecular formula is C7H7NO2. The molecule has 0 aromatic heterocycles. The molecule has 0 spiro atoms. The number of carbonyl (C=O) groups is 2. The molecule has 0 aliphatic carbocycles. The molecule has 0 radical (unpaired) electrons. The number of aldehydes is 1. The number of rotatable bonds is 2. The van der Waals surface area contributed by atoms with Crippen molar-refractivity contribution in [3.8, 4) is 0 Å². The molecule has 0 aromatic rings. The Morgan fingerprint density at radius 1 is 1.50 bits per heavy atom. The van der Waals surface area contributed by atoms with E-state index in [0.717, 1.165) is 6.29 Å². The van der Waals surface area contributed by atoms with Gasteiger partial charge in [-0.1, -0.05) is 6.08 Å². The minimum absolute atomic E-state index is 0.494. The van der Waals surface area contributed by atoms with Gasteiger partial charge < -0.3 is 4.90 Å². The summed E-state index contributed by atoms with van der Waals surface area (Å²) in [6.07, 6.45) is 6.36. The van der Waals surface area contributed by atoms with Gasteiger partial charge in [-0.05, 0) is 6.08 Å². The summed E-state index contributed by atoms with van der Waals surface area (Å²) < 4.78 is 0. The number of hydrogen-bond acceptors (Lipinski definition) is 2. The molecule has 1 amide bonds. The highest BCUT2D eigenvalue weighted by Crippen LogP contribution is 2.01. The van der Waals surface area contributed by atoms with Gasteiger partial charge in [-0.3, -0.25) is 9.59 Å². The first kappa shape index (κ1) is 6.74. The number of nitrogens with zero attached hydrogens (tertiary/aromatic N) is 1. The van der Waals surface area contributed by atoms with Crippen molar-refractivity contribution in [2.24, 2.45) is 0 Å². The van der Waals surface area contributed by atoms with Crippen molar-refractivity contribution in [3.63, 3.8) is 0 Å². The van der Waals surface area contributed by atoms with Crippen LogP contribution in [0.2, 0.25) is 0 Å². The standard InChI is InChI=1S/C7H7NO2/c9-5-7-1-3-8(6-10)4-2-7/h1-3,5-6H,4H2. The molecule has 3 nitrogen and oxygen atoms in total. The quantitative estimate of drug-likeness (QED) is 0.506. The van der Waals surface area contributed by atoms with E-state index in [1.165, 1.54) is 4.90 Å².